The summed E-state index contributed by atoms with van der Waals surface area (Å²) in [6.07, 6.45) is 4.75. The van der Waals surface area contributed by atoms with Gasteiger partial charge < -0.3 is 19.8 Å². The molecule has 0 fully saturated rings. The van der Waals surface area contributed by atoms with Gasteiger partial charge in [0, 0.05) is 44.1 Å². The highest BCUT2D eigenvalue weighted by atomic mass is 16.4. The van der Waals surface area contributed by atoms with Crippen molar-refractivity contribution >= 4 is 23.2 Å². The van der Waals surface area contributed by atoms with Crippen molar-refractivity contribution in [3.63, 3.8) is 0 Å². The summed E-state index contributed by atoms with van der Waals surface area (Å²) in [6.45, 7) is 8.22. The van der Waals surface area contributed by atoms with E-state index in [2.05, 4.69) is 46.6 Å². The minimum absolute atomic E-state index is 0.0390. The van der Waals surface area contributed by atoms with Crippen LogP contribution in [0.5, 0.6) is 0 Å². The van der Waals surface area contributed by atoms with Gasteiger partial charge in [-0.05, 0) is 63.1 Å². The summed E-state index contributed by atoms with van der Waals surface area (Å²) < 4.78 is 1.80. The van der Waals surface area contributed by atoms with E-state index in [9.17, 15) is 9.90 Å². The summed E-state index contributed by atoms with van der Waals surface area (Å²) in [7, 11) is 3.93. The van der Waals surface area contributed by atoms with Crippen LogP contribution in [0.2, 0.25) is 0 Å². The Morgan fingerprint density at radius 1 is 1.18 bits per heavy atom. The molecular formula is C25H30N6O2. The van der Waals surface area contributed by atoms with Gasteiger partial charge in [0.25, 0.3) is 0 Å². The molecule has 0 spiro atoms. The number of hydrogen-bond acceptors (Lipinski definition) is 6. The smallest absolute Gasteiger partial charge is 0.335 e. The number of carboxylic acids is 1. The van der Waals surface area contributed by atoms with E-state index in [1.54, 1.807) is 16.8 Å². The first kappa shape index (κ1) is 21.3. The van der Waals surface area contributed by atoms with E-state index < -0.39 is 5.97 Å². The number of aromatic nitrogens is 3. The van der Waals surface area contributed by atoms with Crippen LogP contribution in [0.1, 0.15) is 54.1 Å². The maximum absolute atomic E-state index is 11.6. The number of carbonyl (C=O) groups is 1. The molecule has 4 heterocycles. The Morgan fingerprint density at radius 2 is 1.97 bits per heavy atom. The minimum atomic E-state index is -0.924. The topological polar surface area (TPSA) is 77.7 Å². The predicted molar refractivity (Wildman–Crippen MR) is 129 cm³/mol. The first-order valence-corrected chi connectivity index (χ1v) is 11.3. The Hall–Kier alpha value is -3.55. The number of benzene rings is 1. The first-order valence-electron chi connectivity index (χ1n) is 11.3. The third kappa shape index (κ3) is 3.41. The van der Waals surface area contributed by atoms with Crippen molar-refractivity contribution in [2.45, 2.75) is 45.4 Å². The van der Waals surface area contributed by atoms with Crippen molar-refractivity contribution < 1.29 is 9.90 Å². The molecule has 1 aromatic carbocycles. The molecule has 8 nitrogen and oxygen atoms in total. The van der Waals surface area contributed by atoms with E-state index in [1.807, 2.05) is 38.6 Å². The molecule has 0 saturated carbocycles. The summed E-state index contributed by atoms with van der Waals surface area (Å²) in [5, 5.41) is 14.1. The molecular weight excluding hydrogens is 416 g/mol. The highest BCUT2D eigenvalue weighted by molar-refractivity contribution is 5.92. The fourth-order valence-electron chi connectivity index (χ4n) is 5.41. The van der Waals surface area contributed by atoms with E-state index >= 15 is 0 Å². The number of rotatable bonds is 5. The highest BCUT2D eigenvalue weighted by Crippen LogP contribution is 2.47. The molecule has 0 bridgehead atoms. The fraction of sp³-hybridized carbons (Fsp3) is 0.400. The van der Waals surface area contributed by atoms with Crippen LogP contribution in [-0.4, -0.2) is 45.0 Å². The number of pyridine rings is 1. The number of aromatic carboxylic acids is 1. The van der Waals surface area contributed by atoms with Crippen LogP contribution in [0.25, 0.3) is 0 Å². The molecule has 1 N–H and O–H groups in total. The second-order valence-corrected chi connectivity index (χ2v) is 9.59. The third-order valence-corrected chi connectivity index (χ3v) is 6.86. The molecule has 2 aliphatic rings. The molecule has 3 aromatic rings. The average molecular weight is 447 g/mol. The highest BCUT2D eigenvalue weighted by Gasteiger charge is 2.39. The van der Waals surface area contributed by atoms with Crippen LogP contribution < -0.4 is 14.7 Å². The zero-order valence-corrected chi connectivity index (χ0v) is 19.8. The Labute approximate surface area is 194 Å². The lowest BCUT2D eigenvalue weighted by molar-refractivity contribution is 0.0697. The SMILES string of the molecule is CCN1c2ncc(C3N(C)c4cc(C(=O)O)ccc4N3Cc3ccn(C)n3)cc2CC1(C)C. The van der Waals surface area contributed by atoms with Crippen LogP contribution in [-0.2, 0) is 20.0 Å². The number of hydrogen-bond donors (Lipinski definition) is 1. The van der Waals surface area contributed by atoms with Gasteiger partial charge in [-0.3, -0.25) is 4.68 Å². The third-order valence-electron chi connectivity index (χ3n) is 6.86. The molecule has 2 aliphatic heterocycles. The standard InChI is InChI=1S/C25H30N6O2/c1-6-31-22-17(13-25(31,2)3)11-18(14-26-22)23-29(5)21-12-16(24(32)33)7-8-20(21)30(23)15-19-9-10-28(4)27-19/h7-12,14,23H,6,13,15H2,1-5H3,(H,32,33). The van der Waals surface area contributed by atoms with E-state index in [-0.39, 0.29) is 17.3 Å². The Kier molecular flexibility index (Phi) is 4.84. The molecule has 2 aromatic heterocycles. The van der Waals surface area contributed by atoms with Crippen LogP contribution in [0.15, 0.2) is 42.7 Å². The quantitative estimate of drug-likeness (QED) is 0.638. The predicted octanol–water partition coefficient (Wildman–Crippen LogP) is 3.83. The van der Waals surface area contributed by atoms with Gasteiger partial charge in [0.1, 0.15) is 12.0 Å². The number of fused-ring (bicyclic) bond motifs is 2. The minimum Gasteiger partial charge on any atom is -0.478 e. The normalized spacial score (nSPS) is 18.6. The molecule has 172 valence electrons. The molecule has 5 rings (SSSR count). The zero-order chi connectivity index (χ0) is 23.5. The largest absolute Gasteiger partial charge is 0.478 e. The van der Waals surface area contributed by atoms with Crippen molar-refractivity contribution in [1.82, 2.24) is 14.8 Å². The van der Waals surface area contributed by atoms with Gasteiger partial charge in [0.05, 0.1) is 29.2 Å². The van der Waals surface area contributed by atoms with Crippen LogP contribution in [0, 0.1) is 0 Å². The molecule has 0 saturated heterocycles. The second kappa shape index (κ2) is 7.50. The number of anilines is 3. The lowest BCUT2D eigenvalue weighted by atomic mass is 9.98. The van der Waals surface area contributed by atoms with E-state index in [0.29, 0.717) is 6.54 Å². The first-order chi connectivity index (χ1) is 15.7. The van der Waals surface area contributed by atoms with Gasteiger partial charge in [0.2, 0.25) is 0 Å². The summed E-state index contributed by atoms with van der Waals surface area (Å²) in [6, 6.07) is 9.62. The summed E-state index contributed by atoms with van der Waals surface area (Å²) >= 11 is 0. The van der Waals surface area contributed by atoms with Crippen LogP contribution >= 0.6 is 0 Å². The van der Waals surface area contributed by atoms with Crippen molar-refractivity contribution in [2.24, 2.45) is 7.05 Å². The van der Waals surface area contributed by atoms with Crippen molar-refractivity contribution in [1.29, 1.82) is 0 Å². The van der Waals surface area contributed by atoms with E-state index in [4.69, 9.17) is 4.98 Å². The number of nitrogens with zero attached hydrogens (tertiary/aromatic N) is 6. The van der Waals surface area contributed by atoms with Crippen LogP contribution in [0.4, 0.5) is 17.2 Å². The average Bonchev–Trinajstić information content (AvgIpc) is 3.38. The number of carboxylic acid groups (broad SMARTS) is 1. The maximum atomic E-state index is 11.6. The van der Waals surface area contributed by atoms with Crippen molar-refractivity contribution in [2.75, 3.05) is 28.3 Å². The van der Waals surface area contributed by atoms with Crippen molar-refractivity contribution in [3.05, 3.63) is 65.1 Å². The van der Waals surface area contributed by atoms with Gasteiger partial charge >= 0.3 is 5.97 Å². The van der Waals surface area contributed by atoms with Gasteiger partial charge in [0.15, 0.2) is 0 Å². The number of aryl methyl sites for hydroxylation is 1. The van der Waals surface area contributed by atoms with E-state index in [1.165, 1.54) is 5.56 Å². The zero-order valence-electron chi connectivity index (χ0n) is 19.8. The Morgan fingerprint density at radius 3 is 2.64 bits per heavy atom. The van der Waals surface area contributed by atoms with Gasteiger partial charge in [-0.15, -0.1) is 0 Å². The molecule has 0 aliphatic carbocycles. The Balaban J connectivity index is 1.58. The van der Waals surface area contributed by atoms with Gasteiger partial charge in [-0.25, -0.2) is 9.78 Å². The fourth-order valence-corrected chi connectivity index (χ4v) is 5.41. The Bertz CT molecular complexity index is 1230. The summed E-state index contributed by atoms with van der Waals surface area (Å²) in [5.41, 5.74) is 5.52. The second-order valence-electron chi connectivity index (χ2n) is 9.59. The van der Waals surface area contributed by atoms with Crippen LogP contribution in [0.3, 0.4) is 0 Å². The van der Waals surface area contributed by atoms with Gasteiger partial charge in [-0.1, -0.05) is 0 Å². The van der Waals surface area contributed by atoms with Crippen molar-refractivity contribution in [3.8, 4) is 0 Å². The molecule has 1 unspecified atom stereocenters. The van der Waals surface area contributed by atoms with Gasteiger partial charge in [-0.2, -0.15) is 5.10 Å². The molecule has 0 amide bonds. The summed E-state index contributed by atoms with van der Waals surface area (Å²) in [5.74, 6) is 0.140. The maximum Gasteiger partial charge on any atom is 0.335 e. The molecule has 33 heavy (non-hydrogen) atoms. The van der Waals surface area contributed by atoms with E-state index in [0.717, 1.165) is 41.4 Å². The molecule has 0 radical (unpaired) electrons. The summed E-state index contributed by atoms with van der Waals surface area (Å²) in [4.78, 5) is 23.3. The molecule has 1 atom stereocenters. The number of likely N-dealkylation sites (N-methyl/N-ethyl adjacent to an activating group) is 1. The lowest BCUT2D eigenvalue weighted by Gasteiger charge is -2.32. The molecule has 8 heteroatoms. The monoisotopic (exact) mass is 446 g/mol. The lowest BCUT2D eigenvalue weighted by Crippen LogP contribution is -2.41.